The van der Waals surface area contributed by atoms with E-state index in [2.05, 4.69) is 0 Å². The molecule has 0 N–H and O–H groups in total. The second kappa shape index (κ2) is 6.60. The van der Waals surface area contributed by atoms with Crippen molar-refractivity contribution >= 4 is 12.0 Å². The number of amides is 2. The van der Waals surface area contributed by atoms with Crippen molar-refractivity contribution in [1.29, 1.82) is 0 Å². The largest absolute Gasteiger partial charge is 0.447 e. The Bertz CT molecular complexity index is 700. The summed E-state index contributed by atoms with van der Waals surface area (Å²) in [7, 11) is 0. The van der Waals surface area contributed by atoms with Gasteiger partial charge in [-0.15, -0.1) is 0 Å². The van der Waals surface area contributed by atoms with Gasteiger partial charge >= 0.3 is 6.09 Å². The Morgan fingerprint density at radius 3 is 2.48 bits per heavy atom. The maximum absolute atomic E-state index is 12.9. The zero-order valence-corrected chi connectivity index (χ0v) is 12.4. The van der Waals surface area contributed by atoms with Gasteiger partial charge in [-0.2, -0.15) is 0 Å². The van der Waals surface area contributed by atoms with Crippen LogP contribution < -0.4 is 0 Å². The Morgan fingerprint density at radius 2 is 1.78 bits per heavy atom. The molecule has 1 atom stereocenters. The molecule has 5 heteroatoms. The van der Waals surface area contributed by atoms with Crippen LogP contribution in [-0.2, 0) is 22.4 Å². The molecule has 0 radical (unpaired) electrons. The number of cyclic esters (lactones) is 1. The summed E-state index contributed by atoms with van der Waals surface area (Å²) in [4.78, 5) is 25.5. The highest BCUT2D eigenvalue weighted by Crippen LogP contribution is 2.19. The quantitative estimate of drug-likeness (QED) is 0.872. The summed E-state index contributed by atoms with van der Waals surface area (Å²) in [6, 6.07) is 15.0. The molecule has 1 heterocycles. The molecule has 2 aromatic rings. The van der Waals surface area contributed by atoms with Gasteiger partial charge in [0.1, 0.15) is 12.4 Å². The molecular formula is C18H16FNO3. The summed E-state index contributed by atoms with van der Waals surface area (Å²) in [5.74, 6) is -0.691. The maximum atomic E-state index is 12.9. The molecule has 3 rings (SSSR count). The van der Waals surface area contributed by atoms with Crippen molar-refractivity contribution < 1.29 is 18.7 Å². The Kier molecular flexibility index (Phi) is 4.37. The third-order valence-corrected chi connectivity index (χ3v) is 3.81. The number of benzene rings is 2. The Balaban J connectivity index is 1.71. The second-order valence-electron chi connectivity index (χ2n) is 5.49. The zero-order chi connectivity index (χ0) is 16.2. The number of nitrogens with zero attached hydrogens (tertiary/aromatic N) is 1. The lowest BCUT2D eigenvalue weighted by atomic mass is 10.0. The van der Waals surface area contributed by atoms with Gasteiger partial charge in [0, 0.05) is 0 Å². The van der Waals surface area contributed by atoms with E-state index in [4.69, 9.17) is 4.74 Å². The summed E-state index contributed by atoms with van der Waals surface area (Å²) < 4.78 is 18.0. The fraction of sp³-hybridized carbons (Fsp3) is 0.222. The van der Waals surface area contributed by atoms with Gasteiger partial charge < -0.3 is 4.74 Å². The molecule has 1 saturated heterocycles. The van der Waals surface area contributed by atoms with Gasteiger partial charge in [0.2, 0.25) is 5.91 Å². The monoisotopic (exact) mass is 313 g/mol. The fourth-order valence-corrected chi connectivity index (χ4v) is 2.66. The second-order valence-corrected chi connectivity index (χ2v) is 5.49. The third-order valence-electron chi connectivity index (χ3n) is 3.81. The average molecular weight is 313 g/mol. The molecule has 118 valence electrons. The van der Waals surface area contributed by atoms with E-state index in [0.717, 1.165) is 5.56 Å². The number of halogens is 1. The van der Waals surface area contributed by atoms with Crippen LogP contribution in [0.1, 0.15) is 11.1 Å². The summed E-state index contributed by atoms with van der Waals surface area (Å²) in [6.45, 7) is 0.197. The molecule has 4 nitrogen and oxygen atoms in total. The molecule has 0 saturated carbocycles. The van der Waals surface area contributed by atoms with E-state index in [1.165, 1.54) is 17.0 Å². The minimum atomic E-state index is -0.613. The van der Waals surface area contributed by atoms with Gasteiger partial charge in [-0.05, 0) is 29.7 Å². The number of carbonyl (C=O) groups is 2. The van der Waals surface area contributed by atoms with E-state index in [1.54, 1.807) is 12.1 Å². The van der Waals surface area contributed by atoms with Crippen LogP contribution in [0.2, 0.25) is 0 Å². The van der Waals surface area contributed by atoms with Crippen molar-refractivity contribution in [3.63, 3.8) is 0 Å². The third kappa shape index (κ3) is 3.56. The van der Waals surface area contributed by atoms with E-state index in [0.29, 0.717) is 12.0 Å². The van der Waals surface area contributed by atoms with Gasteiger partial charge in [0.15, 0.2) is 0 Å². The molecule has 0 spiro atoms. The van der Waals surface area contributed by atoms with Crippen LogP contribution in [0.5, 0.6) is 0 Å². The van der Waals surface area contributed by atoms with E-state index >= 15 is 0 Å². The van der Waals surface area contributed by atoms with Crippen LogP contribution in [-0.4, -0.2) is 29.5 Å². The molecule has 2 amide bonds. The summed E-state index contributed by atoms with van der Waals surface area (Å²) in [5, 5.41) is 0. The molecule has 2 aromatic carbocycles. The van der Waals surface area contributed by atoms with Crippen molar-refractivity contribution in [2.45, 2.75) is 18.9 Å². The molecule has 23 heavy (non-hydrogen) atoms. The van der Waals surface area contributed by atoms with Crippen molar-refractivity contribution in [2.75, 3.05) is 6.61 Å². The number of hydrogen-bond acceptors (Lipinski definition) is 3. The smallest absolute Gasteiger partial charge is 0.416 e. The zero-order valence-electron chi connectivity index (χ0n) is 12.4. The van der Waals surface area contributed by atoms with E-state index in [9.17, 15) is 14.0 Å². The average Bonchev–Trinajstić information content (AvgIpc) is 2.91. The first-order valence-electron chi connectivity index (χ1n) is 7.40. The number of imide groups is 1. The predicted octanol–water partition coefficient (Wildman–Crippen LogP) is 2.96. The highest BCUT2D eigenvalue weighted by Gasteiger charge is 2.37. The normalized spacial score (nSPS) is 17.2. The minimum Gasteiger partial charge on any atom is -0.447 e. The highest BCUT2D eigenvalue weighted by molar-refractivity contribution is 5.94. The molecule has 0 unspecified atom stereocenters. The molecule has 1 aliphatic rings. The Hall–Kier alpha value is -2.69. The topological polar surface area (TPSA) is 46.6 Å². The first-order valence-corrected chi connectivity index (χ1v) is 7.40. The SMILES string of the molecule is O=C(Cc1ccc(F)cc1)N1C(=O)OC[C@H]1Cc1ccccc1. The Labute approximate surface area is 133 Å². The standard InChI is InChI=1S/C18H16FNO3/c19-15-8-6-14(7-9-15)11-17(21)20-16(12-23-18(20)22)10-13-4-2-1-3-5-13/h1-9,16H,10-12H2/t16-/m1/s1. The van der Waals surface area contributed by atoms with Gasteiger partial charge in [-0.1, -0.05) is 42.5 Å². The summed E-state index contributed by atoms with van der Waals surface area (Å²) >= 11 is 0. The number of ether oxygens (including phenoxy) is 1. The first kappa shape index (κ1) is 15.2. The molecule has 0 bridgehead atoms. The van der Waals surface area contributed by atoms with Crippen molar-refractivity contribution in [1.82, 2.24) is 4.90 Å². The van der Waals surface area contributed by atoms with Crippen molar-refractivity contribution in [2.24, 2.45) is 0 Å². The van der Waals surface area contributed by atoms with Crippen molar-refractivity contribution in [3.05, 3.63) is 71.5 Å². The van der Waals surface area contributed by atoms with E-state index in [-0.39, 0.29) is 30.8 Å². The van der Waals surface area contributed by atoms with Gasteiger partial charge in [0.05, 0.1) is 12.5 Å². The van der Waals surface area contributed by atoms with Crippen LogP contribution in [0.15, 0.2) is 54.6 Å². The van der Waals surface area contributed by atoms with Crippen molar-refractivity contribution in [3.8, 4) is 0 Å². The Morgan fingerprint density at radius 1 is 1.09 bits per heavy atom. The lowest BCUT2D eigenvalue weighted by Crippen LogP contribution is -2.41. The molecule has 0 aromatic heterocycles. The van der Waals surface area contributed by atoms with Crippen LogP contribution >= 0.6 is 0 Å². The van der Waals surface area contributed by atoms with Crippen LogP contribution in [0.25, 0.3) is 0 Å². The van der Waals surface area contributed by atoms with Gasteiger partial charge in [-0.3, -0.25) is 4.79 Å². The molecule has 1 aliphatic heterocycles. The molecular weight excluding hydrogens is 297 g/mol. The number of hydrogen-bond donors (Lipinski definition) is 0. The fourth-order valence-electron chi connectivity index (χ4n) is 2.66. The van der Waals surface area contributed by atoms with Crippen LogP contribution in [0.3, 0.4) is 0 Å². The van der Waals surface area contributed by atoms with Crippen LogP contribution in [0.4, 0.5) is 9.18 Å². The lowest BCUT2D eigenvalue weighted by molar-refractivity contribution is -0.128. The van der Waals surface area contributed by atoms with Crippen LogP contribution in [0, 0.1) is 5.82 Å². The number of carbonyl (C=O) groups excluding carboxylic acids is 2. The minimum absolute atomic E-state index is 0.0423. The molecule has 1 fully saturated rings. The maximum Gasteiger partial charge on any atom is 0.416 e. The first-order chi connectivity index (χ1) is 11.1. The summed E-state index contributed by atoms with van der Waals surface area (Å²) in [6.07, 6.45) is -0.0133. The lowest BCUT2D eigenvalue weighted by Gasteiger charge is -2.19. The van der Waals surface area contributed by atoms with E-state index in [1.807, 2.05) is 30.3 Å². The van der Waals surface area contributed by atoms with E-state index < -0.39 is 6.09 Å². The molecule has 0 aliphatic carbocycles. The number of rotatable bonds is 4. The summed E-state index contributed by atoms with van der Waals surface area (Å²) in [5.41, 5.74) is 1.70. The predicted molar refractivity (Wildman–Crippen MR) is 82.2 cm³/mol. The highest BCUT2D eigenvalue weighted by atomic mass is 19.1. The van der Waals surface area contributed by atoms with Gasteiger partial charge in [0.25, 0.3) is 0 Å². The van der Waals surface area contributed by atoms with Gasteiger partial charge in [-0.25, -0.2) is 14.1 Å².